The number of benzene rings is 2. The Morgan fingerprint density at radius 2 is 2.00 bits per heavy atom. The molecule has 0 aliphatic heterocycles. The summed E-state index contributed by atoms with van der Waals surface area (Å²) in [5, 5.41) is 24.8. The Kier molecular flexibility index (Phi) is 7.27. The maximum absolute atomic E-state index is 12.1. The highest BCUT2D eigenvalue weighted by atomic mass is 35.5. The third-order valence-electron chi connectivity index (χ3n) is 4.21. The predicted octanol–water partition coefficient (Wildman–Crippen LogP) is 4.26. The van der Waals surface area contributed by atoms with E-state index in [-0.39, 0.29) is 6.54 Å². The quantitative estimate of drug-likeness (QED) is 0.507. The first-order valence-electron chi connectivity index (χ1n) is 9.19. The lowest BCUT2D eigenvalue weighted by Gasteiger charge is -2.16. The molecule has 158 valence electrons. The van der Waals surface area contributed by atoms with E-state index in [2.05, 4.69) is 15.6 Å². The molecular weight excluding hydrogens is 420 g/mol. The van der Waals surface area contributed by atoms with Gasteiger partial charge in [-0.15, -0.1) is 0 Å². The highest BCUT2D eigenvalue weighted by molar-refractivity contribution is 6.30. The van der Waals surface area contributed by atoms with Crippen LogP contribution in [0.25, 0.3) is 0 Å². The summed E-state index contributed by atoms with van der Waals surface area (Å²) in [6, 6.07) is 16.2. The van der Waals surface area contributed by atoms with Crippen LogP contribution in [0.2, 0.25) is 5.02 Å². The summed E-state index contributed by atoms with van der Waals surface area (Å²) in [6.45, 7) is -0.0458. The molecule has 8 nitrogen and oxygen atoms in total. The van der Waals surface area contributed by atoms with Gasteiger partial charge in [0.15, 0.2) is 0 Å². The van der Waals surface area contributed by atoms with E-state index in [1.807, 2.05) is 6.07 Å². The lowest BCUT2D eigenvalue weighted by atomic mass is 10.1. The highest BCUT2D eigenvalue weighted by Gasteiger charge is 2.15. The van der Waals surface area contributed by atoms with Gasteiger partial charge in [0.05, 0.1) is 36.7 Å². The van der Waals surface area contributed by atoms with Gasteiger partial charge in [-0.25, -0.2) is 9.78 Å². The number of hydrogen-bond donors (Lipinski definition) is 3. The van der Waals surface area contributed by atoms with Crippen molar-refractivity contribution >= 4 is 23.3 Å². The zero-order chi connectivity index (χ0) is 22.2. The van der Waals surface area contributed by atoms with Crippen molar-refractivity contribution in [3.8, 4) is 23.4 Å². The van der Waals surface area contributed by atoms with Crippen molar-refractivity contribution in [1.29, 1.82) is 5.26 Å². The Labute approximate surface area is 184 Å². The normalized spacial score (nSPS) is 11.2. The maximum Gasteiger partial charge on any atom is 0.319 e. The summed E-state index contributed by atoms with van der Waals surface area (Å²) < 4.78 is 10.8. The van der Waals surface area contributed by atoms with Crippen LogP contribution in [0.3, 0.4) is 0 Å². The molecule has 1 unspecified atom stereocenters. The average Bonchev–Trinajstić information content (AvgIpc) is 2.79. The van der Waals surface area contributed by atoms with Crippen LogP contribution < -0.4 is 20.1 Å². The van der Waals surface area contributed by atoms with Gasteiger partial charge in [-0.1, -0.05) is 11.6 Å². The van der Waals surface area contributed by atoms with Crippen LogP contribution in [-0.2, 0) is 0 Å². The minimum Gasteiger partial charge on any atom is -0.496 e. The van der Waals surface area contributed by atoms with E-state index in [0.29, 0.717) is 39.2 Å². The number of ether oxygens (including phenoxy) is 2. The Balaban J connectivity index is 1.52. The number of aliphatic hydroxyl groups is 1. The largest absolute Gasteiger partial charge is 0.496 e. The molecule has 31 heavy (non-hydrogen) atoms. The van der Waals surface area contributed by atoms with Crippen molar-refractivity contribution in [2.24, 2.45) is 0 Å². The zero-order valence-electron chi connectivity index (χ0n) is 16.5. The van der Waals surface area contributed by atoms with Gasteiger partial charge in [-0.3, -0.25) is 0 Å². The van der Waals surface area contributed by atoms with Crippen LogP contribution in [0.1, 0.15) is 17.2 Å². The monoisotopic (exact) mass is 438 g/mol. The molecule has 0 spiro atoms. The van der Waals surface area contributed by atoms with Gasteiger partial charge in [0.1, 0.15) is 11.5 Å². The first-order chi connectivity index (χ1) is 15.0. The number of urea groups is 1. The Bertz CT molecular complexity index is 1080. The first-order valence-corrected chi connectivity index (χ1v) is 9.56. The molecule has 1 heterocycles. The molecular formula is C22H19ClN4O4. The molecule has 0 radical (unpaired) electrons. The average molecular weight is 439 g/mol. The molecule has 9 heteroatoms. The number of carbonyl (C=O) groups is 1. The topological polar surface area (TPSA) is 117 Å². The number of nitriles is 1. The van der Waals surface area contributed by atoms with E-state index in [0.717, 1.165) is 0 Å². The number of pyridine rings is 1. The third-order valence-corrected chi connectivity index (χ3v) is 4.44. The van der Waals surface area contributed by atoms with E-state index in [4.69, 9.17) is 26.3 Å². The van der Waals surface area contributed by atoms with Gasteiger partial charge < -0.3 is 25.2 Å². The highest BCUT2D eigenvalue weighted by Crippen LogP contribution is 2.28. The Morgan fingerprint density at radius 1 is 1.23 bits per heavy atom. The number of anilines is 1. The minimum atomic E-state index is -0.999. The number of aromatic nitrogens is 1. The SMILES string of the molecule is COc1ccc(Cl)cc1C(O)CNC(=O)Nc1ccc(Oc2ccc(C#N)cc2)nc1. The molecule has 0 fully saturated rings. The predicted molar refractivity (Wildman–Crippen MR) is 115 cm³/mol. The standard InChI is InChI=1S/C22H19ClN4O4/c1-30-20-8-4-15(23)10-18(20)19(28)13-26-22(29)27-16-5-9-21(25-12-16)31-17-6-2-14(11-24)3-7-17/h2-10,12,19,28H,13H2,1H3,(H2,26,27,29). The van der Waals surface area contributed by atoms with Crippen LogP contribution in [0.4, 0.5) is 10.5 Å². The summed E-state index contributed by atoms with van der Waals surface area (Å²) in [5.41, 5.74) is 1.45. The molecule has 2 aromatic carbocycles. The molecule has 0 aliphatic carbocycles. The molecule has 1 atom stereocenters. The second-order valence-corrected chi connectivity index (χ2v) is 6.80. The molecule has 0 saturated heterocycles. The van der Waals surface area contributed by atoms with Crippen LogP contribution in [0.5, 0.6) is 17.4 Å². The number of rotatable bonds is 7. The Morgan fingerprint density at radius 3 is 2.65 bits per heavy atom. The van der Waals surface area contributed by atoms with E-state index in [1.54, 1.807) is 54.6 Å². The third kappa shape index (κ3) is 6.09. The fourth-order valence-corrected chi connectivity index (χ4v) is 2.85. The van der Waals surface area contributed by atoms with Crippen molar-refractivity contribution in [3.63, 3.8) is 0 Å². The molecule has 0 saturated carbocycles. The summed E-state index contributed by atoms with van der Waals surface area (Å²) in [4.78, 5) is 16.3. The zero-order valence-corrected chi connectivity index (χ0v) is 17.3. The number of carbonyl (C=O) groups excluding carboxylic acids is 1. The number of aliphatic hydroxyl groups excluding tert-OH is 1. The smallest absolute Gasteiger partial charge is 0.319 e. The lowest BCUT2D eigenvalue weighted by Crippen LogP contribution is -2.32. The van der Waals surface area contributed by atoms with Gasteiger partial charge in [-0.2, -0.15) is 5.26 Å². The van der Waals surface area contributed by atoms with Crippen molar-refractivity contribution in [2.75, 3.05) is 19.0 Å². The van der Waals surface area contributed by atoms with Crippen molar-refractivity contribution in [3.05, 3.63) is 76.9 Å². The number of nitrogens with one attached hydrogen (secondary N) is 2. The molecule has 0 bridgehead atoms. The summed E-state index contributed by atoms with van der Waals surface area (Å²) in [7, 11) is 1.49. The maximum atomic E-state index is 12.1. The lowest BCUT2D eigenvalue weighted by molar-refractivity contribution is 0.171. The minimum absolute atomic E-state index is 0.0458. The number of amides is 2. The molecule has 1 aromatic heterocycles. The molecule has 3 N–H and O–H groups in total. The van der Waals surface area contributed by atoms with Crippen LogP contribution in [0, 0.1) is 11.3 Å². The van der Waals surface area contributed by atoms with Crippen molar-refractivity contribution in [2.45, 2.75) is 6.10 Å². The van der Waals surface area contributed by atoms with E-state index >= 15 is 0 Å². The van der Waals surface area contributed by atoms with Crippen LogP contribution in [0.15, 0.2) is 60.8 Å². The number of methoxy groups -OCH3 is 1. The molecule has 2 amide bonds. The van der Waals surface area contributed by atoms with Gasteiger partial charge in [-0.05, 0) is 48.5 Å². The van der Waals surface area contributed by atoms with E-state index < -0.39 is 12.1 Å². The van der Waals surface area contributed by atoms with Crippen molar-refractivity contribution in [1.82, 2.24) is 10.3 Å². The van der Waals surface area contributed by atoms with Gasteiger partial charge in [0.25, 0.3) is 0 Å². The molecule has 3 aromatic rings. The van der Waals surface area contributed by atoms with Crippen molar-refractivity contribution < 1.29 is 19.4 Å². The fourth-order valence-electron chi connectivity index (χ4n) is 2.67. The van der Waals surface area contributed by atoms with E-state index in [1.165, 1.54) is 13.3 Å². The molecule has 0 aliphatic rings. The van der Waals surface area contributed by atoms with Gasteiger partial charge in [0.2, 0.25) is 5.88 Å². The van der Waals surface area contributed by atoms with Gasteiger partial charge >= 0.3 is 6.03 Å². The second-order valence-electron chi connectivity index (χ2n) is 6.36. The molecule has 3 rings (SSSR count). The first kappa shape index (κ1) is 21.9. The summed E-state index contributed by atoms with van der Waals surface area (Å²) in [6.07, 6.45) is 0.440. The number of halogens is 1. The second kappa shape index (κ2) is 10.3. The fraction of sp³-hybridized carbons (Fsp3) is 0.136. The van der Waals surface area contributed by atoms with Crippen LogP contribution in [-0.4, -0.2) is 29.8 Å². The Hall–Kier alpha value is -3.80. The van der Waals surface area contributed by atoms with E-state index in [9.17, 15) is 9.90 Å². The summed E-state index contributed by atoms with van der Waals surface area (Å²) in [5.74, 6) is 1.34. The number of nitrogens with zero attached hydrogens (tertiary/aromatic N) is 2. The number of hydrogen-bond acceptors (Lipinski definition) is 6. The van der Waals surface area contributed by atoms with Gasteiger partial charge in [0, 0.05) is 23.2 Å². The van der Waals surface area contributed by atoms with Crippen LogP contribution >= 0.6 is 11.6 Å². The summed E-state index contributed by atoms with van der Waals surface area (Å²) >= 11 is 5.97.